The Morgan fingerprint density at radius 1 is 1.80 bits per heavy atom. The molecule has 1 amide bonds. The number of aromatic nitrogens is 2. The minimum atomic E-state index is -0.00582. The molecule has 5 heteroatoms. The third-order valence-electron chi connectivity index (χ3n) is 2.59. The quantitative estimate of drug-likeness (QED) is 0.722. The highest BCUT2D eigenvalue weighted by atomic mass is 16.2. The standard InChI is InChI=1S/C10H16N4O/c1-14-6-4-8(13-14)7-12-10(15)9-3-2-5-11-9/h4,6,9,11H,2-3,5,7H2,1H3,(H,12,15)/t9-/m1/s1. The van der Waals surface area contributed by atoms with Gasteiger partial charge in [-0.25, -0.2) is 0 Å². The van der Waals surface area contributed by atoms with Crippen LogP contribution in [0.15, 0.2) is 12.3 Å². The van der Waals surface area contributed by atoms with Crippen LogP contribution in [0.5, 0.6) is 0 Å². The van der Waals surface area contributed by atoms with Crippen LogP contribution in [-0.2, 0) is 18.4 Å². The Kier molecular flexibility index (Phi) is 3.01. The van der Waals surface area contributed by atoms with Gasteiger partial charge in [0.05, 0.1) is 18.3 Å². The maximum Gasteiger partial charge on any atom is 0.237 e. The fourth-order valence-electron chi connectivity index (χ4n) is 1.77. The second kappa shape index (κ2) is 4.44. The van der Waals surface area contributed by atoms with Crippen molar-refractivity contribution in [3.63, 3.8) is 0 Å². The fraction of sp³-hybridized carbons (Fsp3) is 0.600. The van der Waals surface area contributed by atoms with E-state index in [9.17, 15) is 4.79 Å². The predicted molar refractivity (Wildman–Crippen MR) is 56.1 cm³/mol. The molecule has 1 saturated heterocycles. The maximum absolute atomic E-state index is 11.6. The summed E-state index contributed by atoms with van der Waals surface area (Å²) in [5.74, 6) is 0.0816. The van der Waals surface area contributed by atoms with E-state index < -0.39 is 0 Å². The number of amides is 1. The van der Waals surface area contributed by atoms with Gasteiger partial charge in [0.25, 0.3) is 0 Å². The molecule has 0 spiro atoms. The third kappa shape index (κ3) is 2.56. The molecule has 2 N–H and O–H groups in total. The highest BCUT2D eigenvalue weighted by Crippen LogP contribution is 2.04. The van der Waals surface area contributed by atoms with Crippen molar-refractivity contribution in [1.29, 1.82) is 0 Å². The Labute approximate surface area is 88.8 Å². The number of rotatable bonds is 3. The van der Waals surface area contributed by atoms with E-state index >= 15 is 0 Å². The van der Waals surface area contributed by atoms with Crippen LogP contribution < -0.4 is 10.6 Å². The lowest BCUT2D eigenvalue weighted by Gasteiger charge is -2.09. The zero-order valence-electron chi connectivity index (χ0n) is 8.86. The van der Waals surface area contributed by atoms with Gasteiger partial charge < -0.3 is 10.6 Å². The van der Waals surface area contributed by atoms with Gasteiger partial charge in [-0.05, 0) is 25.5 Å². The van der Waals surface area contributed by atoms with Gasteiger partial charge in [0, 0.05) is 13.2 Å². The molecule has 0 unspecified atom stereocenters. The number of nitrogens with zero attached hydrogens (tertiary/aromatic N) is 2. The molecule has 1 atom stereocenters. The number of aryl methyl sites for hydroxylation is 1. The van der Waals surface area contributed by atoms with Crippen LogP contribution in [0.25, 0.3) is 0 Å². The first-order valence-corrected chi connectivity index (χ1v) is 5.25. The van der Waals surface area contributed by atoms with Crippen LogP contribution in [0, 0.1) is 0 Å². The van der Waals surface area contributed by atoms with E-state index in [1.165, 1.54) is 0 Å². The molecule has 5 nitrogen and oxygen atoms in total. The number of nitrogens with one attached hydrogen (secondary N) is 2. The molecule has 0 saturated carbocycles. The molecule has 0 radical (unpaired) electrons. The highest BCUT2D eigenvalue weighted by molar-refractivity contribution is 5.81. The van der Waals surface area contributed by atoms with Crippen molar-refractivity contribution in [1.82, 2.24) is 20.4 Å². The summed E-state index contributed by atoms with van der Waals surface area (Å²) in [6, 6.07) is 1.90. The first-order chi connectivity index (χ1) is 7.25. The number of hydrogen-bond acceptors (Lipinski definition) is 3. The van der Waals surface area contributed by atoms with Crippen molar-refractivity contribution < 1.29 is 4.79 Å². The lowest BCUT2D eigenvalue weighted by Crippen LogP contribution is -2.40. The Morgan fingerprint density at radius 3 is 3.27 bits per heavy atom. The molecule has 2 heterocycles. The van der Waals surface area contributed by atoms with Gasteiger partial charge in [-0.2, -0.15) is 5.10 Å². The second-order valence-corrected chi connectivity index (χ2v) is 3.85. The molecule has 1 fully saturated rings. The topological polar surface area (TPSA) is 59.0 Å². The van der Waals surface area contributed by atoms with E-state index in [0.29, 0.717) is 6.54 Å². The lowest BCUT2D eigenvalue weighted by atomic mass is 10.2. The third-order valence-corrected chi connectivity index (χ3v) is 2.59. The van der Waals surface area contributed by atoms with Gasteiger partial charge in [-0.1, -0.05) is 0 Å². The van der Waals surface area contributed by atoms with Crippen LogP contribution in [0.1, 0.15) is 18.5 Å². The van der Waals surface area contributed by atoms with Gasteiger partial charge >= 0.3 is 0 Å². The fourth-order valence-corrected chi connectivity index (χ4v) is 1.77. The highest BCUT2D eigenvalue weighted by Gasteiger charge is 2.21. The molecule has 1 aromatic rings. The first kappa shape index (κ1) is 10.2. The van der Waals surface area contributed by atoms with E-state index in [4.69, 9.17) is 0 Å². The lowest BCUT2D eigenvalue weighted by molar-refractivity contribution is -0.122. The van der Waals surface area contributed by atoms with Crippen molar-refractivity contribution >= 4 is 5.91 Å². The summed E-state index contributed by atoms with van der Waals surface area (Å²) in [5, 5.41) is 10.2. The number of carbonyl (C=O) groups is 1. The Morgan fingerprint density at radius 2 is 2.67 bits per heavy atom. The van der Waals surface area contributed by atoms with Gasteiger partial charge in [0.15, 0.2) is 0 Å². The summed E-state index contributed by atoms with van der Waals surface area (Å²) in [4.78, 5) is 11.6. The van der Waals surface area contributed by atoms with Gasteiger partial charge in [0.2, 0.25) is 5.91 Å². The van der Waals surface area contributed by atoms with E-state index in [1.54, 1.807) is 4.68 Å². The molecular weight excluding hydrogens is 192 g/mol. The average molecular weight is 208 g/mol. The SMILES string of the molecule is Cn1ccc(CNC(=O)[C@H]2CCCN2)n1. The average Bonchev–Trinajstić information content (AvgIpc) is 2.84. The van der Waals surface area contributed by atoms with Crippen molar-refractivity contribution in [3.8, 4) is 0 Å². The van der Waals surface area contributed by atoms with Crippen LogP contribution >= 0.6 is 0 Å². The van der Waals surface area contributed by atoms with Crippen LogP contribution in [0.2, 0.25) is 0 Å². The molecule has 0 aliphatic carbocycles. The molecule has 82 valence electrons. The van der Waals surface area contributed by atoms with E-state index in [0.717, 1.165) is 25.1 Å². The molecular formula is C10H16N4O. The minimum absolute atomic E-state index is 0.00582. The van der Waals surface area contributed by atoms with Crippen molar-refractivity contribution in [2.45, 2.75) is 25.4 Å². The first-order valence-electron chi connectivity index (χ1n) is 5.25. The largest absolute Gasteiger partial charge is 0.349 e. The number of carbonyl (C=O) groups excluding carboxylic acids is 1. The van der Waals surface area contributed by atoms with Gasteiger partial charge in [0.1, 0.15) is 0 Å². The molecule has 15 heavy (non-hydrogen) atoms. The second-order valence-electron chi connectivity index (χ2n) is 3.85. The van der Waals surface area contributed by atoms with E-state index in [1.807, 2.05) is 19.3 Å². The van der Waals surface area contributed by atoms with Crippen molar-refractivity contribution in [2.24, 2.45) is 7.05 Å². The molecule has 0 aromatic carbocycles. The van der Waals surface area contributed by atoms with Gasteiger partial charge in [-0.15, -0.1) is 0 Å². The summed E-state index contributed by atoms with van der Waals surface area (Å²) in [6.45, 7) is 1.46. The Hall–Kier alpha value is -1.36. The van der Waals surface area contributed by atoms with Crippen LogP contribution in [0.3, 0.4) is 0 Å². The summed E-state index contributed by atoms with van der Waals surface area (Å²) in [6.07, 6.45) is 3.89. The van der Waals surface area contributed by atoms with E-state index in [-0.39, 0.29) is 11.9 Å². The maximum atomic E-state index is 11.6. The summed E-state index contributed by atoms with van der Waals surface area (Å²) < 4.78 is 1.73. The molecule has 1 aliphatic rings. The Bertz CT molecular complexity index is 341. The monoisotopic (exact) mass is 208 g/mol. The zero-order valence-corrected chi connectivity index (χ0v) is 8.86. The minimum Gasteiger partial charge on any atom is -0.349 e. The summed E-state index contributed by atoms with van der Waals surface area (Å²) >= 11 is 0. The van der Waals surface area contributed by atoms with Crippen LogP contribution in [0.4, 0.5) is 0 Å². The molecule has 1 aliphatic heterocycles. The van der Waals surface area contributed by atoms with Crippen LogP contribution in [-0.4, -0.2) is 28.3 Å². The zero-order chi connectivity index (χ0) is 10.7. The smallest absolute Gasteiger partial charge is 0.237 e. The van der Waals surface area contributed by atoms with Gasteiger partial charge in [-0.3, -0.25) is 9.48 Å². The normalized spacial score (nSPS) is 20.5. The molecule has 0 bridgehead atoms. The summed E-state index contributed by atoms with van der Waals surface area (Å²) in [7, 11) is 1.86. The summed E-state index contributed by atoms with van der Waals surface area (Å²) in [5.41, 5.74) is 0.892. The van der Waals surface area contributed by atoms with Crippen molar-refractivity contribution in [2.75, 3.05) is 6.54 Å². The Balaban J connectivity index is 1.80. The van der Waals surface area contributed by atoms with Crippen molar-refractivity contribution in [3.05, 3.63) is 18.0 Å². The molecule has 2 rings (SSSR count). The number of hydrogen-bond donors (Lipinski definition) is 2. The predicted octanol–water partition coefficient (Wildman–Crippen LogP) is -0.212. The van der Waals surface area contributed by atoms with E-state index in [2.05, 4.69) is 15.7 Å². The molecule has 1 aromatic heterocycles.